The van der Waals surface area contributed by atoms with Crippen molar-refractivity contribution >= 4 is 5.91 Å². The van der Waals surface area contributed by atoms with Gasteiger partial charge in [0.05, 0.1) is 18.2 Å². The lowest BCUT2D eigenvalue weighted by Gasteiger charge is -2.35. The minimum Gasteiger partial charge on any atom is -0.390 e. The van der Waals surface area contributed by atoms with Gasteiger partial charge in [-0.05, 0) is 32.6 Å². The summed E-state index contributed by atoms with van der Waals surface area (Å²) in [4.78, 5) is 13.9. The van der Waals surface area contributed by atoms with Crippen LogP contribution in [-0.2, 0) is 9.53 Å². The predicted molar refractivity (Wildman–Crippen MR) is 68.3 cm³/mol. The van der Waals surface area contributed by atoms with Crippen LogP contribution in [0.4, 0.5) is 0 Å². The van der Waals surface area contributed by atoms with Gasteiger partial charge in [0.2, 0.25) is 5.91 Å². The number of aliphatic hydroxyl groups is 1. The van der Waals surface area contributed by atoms with Crippen LogP contribution in [0.5, 0.6) is 0 Å². The highest BCUT2D eigenvalue weighted by atomic mass is 16.5. The summed E-state index contributed by atoms with van der Waals surface area (Å²) < 4.78 is 5.46. The van der Waals surface area contributed by atoms with E-state index in [1.54, 1.807) is 0 Å². The summed E-state index contributed by atoms with van der Waals surface area (Å²) in [6.45, 7) is 5.33. The fourth-order valence-corrected chi connectivity index (χ4v) is 2.48. The monoisotopic (exact) mass is 256 g/mol. The molecule has 2 saturated heterocycles. The van der Waals surface area contributed by atoms with Gasteiger partial charge in [-0.1, -0.05) is 0 Å². The molecule has 104 valence electrons. The molecule has 0 bridgehead atoms. The second kappa shape index (κ2) is 5.99. The predicted octanol–water partition coefficient (Wildman–Crippen LogP) is 0.128. The molecule has 2 aliphatic heterocycles. The average molecular weight is 256 g/mol. The van der Waals surface area contributed by atoms with Gasteiger partial charge in [0.25, 0.3) is 0 Å². The molecular formula is C13H24N2O3. The normalized spacial score (nSPS) is 28.2. The number of nitrogens with zero attached hydrogens (tertiary/aromatic N) is 1. The first-order chi connectivity index (χ1) is 8.55. The van der Waals surface area contributed by atoms with E-state index < -0.39 is 5.60 Å². The summed E-state index contributed by atoms with van der Waals surface area (Å²) >= 11 is 0. The number of likely N-dealkylation sites (tertiary alicyclic amines) is 1. The molecular weight excluding hydrogens is 232 g/mol. The van der Waals surface area contributed by atoms with Crippen LogP contribution in [0.1, 0.15) is 32.6 Å². The Morgan fingerprint density at radius 3 is 2.83 bits per heavy atom. The zero-order valence-electron chi connectivity index (χ0n) is 11.2. The van der Waals surface area contributed by atoms with Gasteiger partial charge in [-0.3, -0.25) is 9.69 Å². The number of ether oxygens (including phenoxy) is 1. The Kier molecular flexibility index (Phi) is 4.59. The summed E-state index contributed by atoms with van der Waals surface area (Å²) in [6.07, 6.45) is 3.84. The lowest BCUT2D eigenvalue weighted by atomic mass is 9.94. The molecule has 2 rings (SSSR count). The van der Waals surface area contributed by atoms with Crippen molar-refractivity contribution in [3.63, 3.8) is 0 Å². The summed E-state index contributed by atoms with van der Waals surface area (Å²) in [7, 11) is 0. The van der Waals surface area contributed by atoms with Crippen LogP contribution in [0.25, 0.3) is 0 Å². The third-order valence-electron chi connectivity index (χ3n) is 3.85. The Morgan fingerprint density at radius 1 is 1.50 bits per heavy atom. The molecule has 0 aliphatic carbocycles. The molecule has 2 heterocycles. The number of hydrogen-bond acceptors (Lipinski definition) is 4. The second-order valence-corrected chi connectivity index (χ2v) is 5.71. The summed E-state index contributed by atoms with van der Waals surface area (Å²) in [5.41, 5.74) is -0.551. The van der Waals surface area contributed by atoms with Crippen molar-refractivity contribution in [3.8, 4) is 0 Å². The molecule has 0 aromatic heterocycles. The second-order valence-electron chi connectivity index (χ2n) is 5.71. The van der Waals surface area contributed by atoms with Crippen LogP contribution >= 0.6 is 0 Å². The van der Waals surface area contributed by atoms with E-state index in [-0.39, 0.29) is 12.0 Å². The van der Waals surface area contributed by atoms with Gasteiger partial charge in [0.1, 0.15) is 0 Å². The Labute approximate surface area is 108 Å². The number of hydrogen-bond donors (Lipinski definition) is 2. The smallest absolute Gasteiger partial charge is 0.234 e. The molecule has 5 heteroatoms. The number of nitrogens with one attached hydrogen (secondary N) is 1. The van der Waals surface area contributed by atoms with Crippen LogP contribution in [0.2, 0.25) is 0 Å². The standard InChI is InChI=1S/C13H24N2O3/c1-13(17)4-6-15(7-5-13)10-12(16)14-9-11-3-2-8-18-11/h11,17H,2-10H2,1H3,(H,14,16). The maximum absolute atomic E-state index is 11.8. The highest BCUT2D eigenvalue weighted by molar-refractivity contribution is 5.78. The minimum absolute atomic E-state index is 0.0621. The third-order valence-corrected chi connectivity index (χ3v) is 3.85. The van der Waals surface area contributed by atoms with Gasteiger partial charge in [-0.15, -0.1) is 0 Å². The Morgan fingerprint density at radius 2 is 2.22 bits per heavy atom. The van der Waals surface area contributed by atoms with E-state index in [9.17, 15) is 9.90 Å². The number of amides is 1. The van der Waals surface area contributed by atoms with Crippen molar-refractivity contribution in [2.45, 2.75) is 44.3 Å². The van der Waals surface area contributed by atoms with Crippen molar-refractivity contribution in [2.24, 2.45) is 0 Å². The molecule has 0 saturated carbocycles. The average Bonchev–Trinajstić information content (AvgIpc) is 2.82. The van der Waals surface area contributed by atoms with Gasteiger partial charge in [0, 0.05) is 26.2 Å². The molecule has 1 amide bonds. The van der Waals surface area contributed by atoms with E-state index in [0.717, 1.165) is 45.4 Å². The highest BCUT2D eigenvalue weighted by Crippen LogP contribution is 2.20. The van der Waals surface area contributed by atoms with Gasteiger partial charge in [-0.25, -0.2) is 0 Å². The fraction of sp³-hybridized carbons (Fsp3) is 0.923. The molecule has 0 aromatic rings. The SMILES string of the molecule is CC1(O)CCN(CC(=O)NCC2CCCO2)CC1. The van der Waals surface area contributed by atoms with Crippen molar-refractivity contribution in [1.82, 2.24) is 10.2 Å². The zero-order chi connectivity index (χ0) is 13.0. The molecule has 0 radical (unpaired) electrons. The molecule has 5 nitrogen and oxygen atoms in total. The molecule has 2 fully saturated rings. The first-order valence-electron chi connectivity index (χ1n) is 6.88. The first kappa shape index (κ1) is 13.8. The maximum atomic E-state index is 11.8. The molecule has 18 heavy (non-hydrogen) atoms. The lowest BCUT2D eigenvalue weighted by molar-refractivity contribution is -0.123. The van der Waals surface area contributed by atoms with E-state index in [4.69, 9.17) is 4.74 Å². The lowest BCUT2D eigenvalue weighted by Crippen LogP contribution is -2.47. The first-order valence-corrected chi connectivity index (χ1v) is 6.88. The topological polar surface area (TPSA) is 61.8 Å². The molecule has 0 aromatic carbocycles. The number of carbonyl (C=O) groups is 1. The van der Waals surface area contributed by atoms with Gasteiger partial charge >= 0.3 is 0 Å². The van der Waals surface area contributed by atoms with E-state index in [0.29, 0.717) is 13.1 Å². The number of piperidine rings is 1. The van der Waals surface area contributed by atoms with E-state index in [1.807, 2.05) is 6.92 Å². The Hall–Kier alpha value is -0.650. The van der Waals surface area contributed by atoms with Crippen LogP contribution < -0.4 is 5.32 Å². The van der Waals surface area contributed by atoms with Crippen LogP contribution in [0.15, 0.2) is 0 Å². The fourth-order valence-electron chi connectivity index (χ4n) is 2.48. The van der Waals surface area contributed by atoms with E-state index in [2.05, 4.69) is 10.2 Å². The Balaban J connectivity index is 1.62. The van der Waals surface area contributed by atoms with E-state index >= 15 is 0 Å². The number of carbonyl (C=O) groups excluding carboxylic acids is 1. The van der Waals surface area contributed by atoms with Crippen LogP contribution in [0, 0.1) is 0 Å². The minimum atomic E-state index is -0.551. The van der Waals surface area contributed by atoms with Crippen molar-refractivity contribution in [3.05, 3.63) is 0 Å². The van der Waals surface area contributed by atoms with Gasteiger partial charge < -0.3 is 15.2 Å². The van der Waals surface area contributed by atoms with Gasteiger partial charge in [-0.2, -0.15) is 0 Å². The quantitative estimate of drug-likeness (QED) is 0.750. The molecule has 0 spiro atoms. The molecule has 2 N–H and O–H groups in total. The number of rotatable bonds is 4. The largest absolute Gasteiger partial charge is 0.390 e. The van der Waals surface area contributed by atoms with Crippen molar-refractivity contribution < 1.29 is 14.6 Å². The van der Waals surface area contributed by atoms with Crippen LogP contribution in [-0.4, -0.2) is 60.4 Å². The van der Waals surface area contributed by atoms with Crippen molar-refractivity contribution in [2.75, 3.05) is 32.8 Å². The molecule has 1 atom stereocenters. The van der Waals surface area contributed by atoms with E-state index in [1.165, 1.54) is 0 Å². The van der Waals surface area contributed by atoms with Crippen LogP contribution in [0.3, 0.4) is 0 Å². The Bertz CT molecular complexity index is 278. The molecule has 2 aliphatic rings. The molecule has 1 unspecified atom stereocenters. The maximum Gasteiger partial charge on any atom is 0.234 e. The highest BCUT2D eigenvalue weighted by Gasteiger charge is 2.28. The summed E-state index contributed by atoms with van der Waals surface area (Å²) in [5, 5.41) is 12.8. The summed E-state index contributed by atoms with van der Waals surface area (Å²) in [5.74, 6) is 0.0621. The van der Waals surface area contributed by atoms with Crippen molar-refractivity contribution in [1.29, 1.82) is 0 Å². The zero-order valence-corrected chi connectivity index (χ0v) is 11.2. The summed E-state index contributed by atoms with van der Waals surface area (Å²) in [6, 6.07) is 0. The van der Waals surface area contributed by atoms with Gasteiger partial charge in [0.15, 0.2) is 0 Å². The third kappa shape index (κ3) is 4.23.